The molecule has 28 heavy (non-hydrogen) atoms. The van der Waals surface area contributed by atoms with Crippen LogP contribution in [0, 0.1) is 0 Å². The largest absolute Gasteiger partial charge is 0.508 e. The molecule has 0 radical (unpaired) electrons. The van der Waals surface area contributed by atoms with Crippen LogP contribution in [0.15, 0.2) is 30.3 Å². The van der Waals surface area contributed by atoms with Crippen molar-refractivity contribution >= 4 is 5.97 Å². The second kappa shape index (κ2) is 9.34. The van der Waals surface area contributed by atoms with Gasteiger partial charge in [0, 0.05) is 24.7 Å². The predicted octanol–water partition coefficient (Wildman–Crippen LogP) is 2.00. The molecule has 0 fully saturated rings. The van der Waals surface area contributed by atoms with Crippen molar-refractivity contribution in [1.29, 1.82) is 0 Å². The number of phenols is 1. The highest BCUT2D eigenvalue weighted by atomic mass is 16.7. The Labute approximate surface area is 163 Å². The summed E-state index contributed by atoms with van der Waals surface area (Å²) in [6.45, 7) is 7.39. The lowest BCUT2D eigenvalue weighted by Gasteiger charge is -2.19. The van der Waals surface area contributed by atoms with Gasteiger partial charge in [0.1, 0.15) is 11.5 Å². The molecule has 0 atom stereocenters. The van der Waals surface area contributed by atoms with E-state index in [4.69, 9.17) is 14.3 Å². The lowest BCUT2D eigenvalue weighted by atomic mass is 10.2. The van der Waals surface area contributed by atoms with Gasteiger partial charge < -0.3 is 29.6 Å². The van der Waals surface area contributed by atoms with Crippen LogP contribution < -0.4 is 14.9 Å². The van der Waals surface area contributed by atoms with Gasteiger partial charge in [-0.1, -0.05) is 0 Å². The predicted molar refractivity (Wildman–Crippen MR) is 101 cm³/mol. The van der Waals surface area contributed by atoms with Crippen LogP contribution in [0.25, 0.3) is 0 Å². The SMILES string of the molecule is CC(C)(C)OCNCCCOc1cc(O)cc(C(=O)On2c(O)ccc2O)c1. The van der Waals surface area contributed by atoms with Gasteiger partial charge in [-0.15, -0.1) is 4.73 Å². The van der Waals surface area contributed by atoms with Crippen molar-refractivity contribution in [3.05, 3.63) is 35.9 Å². The van der Waals surface area contributed by atoms with E-state index >= 15 is 0 Å². The first kappa shape index (κ1) is 21.4. The molecule has 2 aromatic rings. The zero-order chi connectivity index (χ0) is 20.7. The molecule has 154 valence electrons. The summed E-state index contributed by atoms with van der Waals surface area (Å²) in [6, 6.07) is 6.30. The van der Waals surface area contributed by atoms with Crippen LogP contribution in [-0.4, -0.2) is 51.5 Å². The van der Waals surface area contributed by atoms with Crippen molar-refractivity contribution in [2.24, 2.45) is 0 Å². The molecule has 0 saturated heterocycles. The standard InChI is InChI=1S/C19H26N2O7/c1-19(2,3)27-12-20-7-4-8-26-15-10-13(9-14(22)11-15)18(25)28-21-16(23)5-6-17(21)24/h5-6,9-11,20,22-24H,4,7-8,12H2,1-3H3. The first-order chi connectivity index (χ1) is 13.2. The summed E-state index contributed by atoms with van der Waals surface area (Å²) in [5.74, 6) is -1.65. The Bertz CT molecular complexity index is 777. The molecule has 0 saturated carbocycles. The monoisotopic (exact) mass is 394 g/mol. The molecule has 0 aliphatic carbocycles. The van der Waals surface area contributed by atoms with Gasteiger partial charge in [-0.3, -0.25) is 5.32 Å². The Morgan fingerprint density at radius 2 is 1.79 bits per heavy atom. The lowest BCUT2D eigenvalue weighted by molar-refractivity contribution is -0.0132. The average molecular weight is 394 g/mol. The number of nitrogens with one attached hydrogen (secondary N) is 1. The van der Waals surface area contributed by atoms with Crippen molar-refractivity contribution in [1.82, 2.24) is 10.0 Å². The summed E-state index contributed by atoms with van der Waals surface area (Å²) in [5, 5.41) is 32.0. The summed E-state index contributed by atoms with van der Waals surface area (Å²) < 4.78 is 11.7. The molecule has 0 spiro atoms. The highest BCUT2D eigenvalue weighted by Crippen LogP contribution is 2.24. The van der Waals surface area contributed by atoms with Gasteiger partial charge in [-0.2, -0.15) is 0 Å². The minimum atomic E-state index is -0.886. The molecule has 2 rings (SSSR count). The van der Waals surface area contributed by atoms with Gasteiger partial charge >= 0.3 is 5.97 Å². The molecule has 0 unspecified atom stereocenters. The van der Waals surface area contributed by atoms with Crippen LogP contribution in [0.2, 0.25) is 0 Å². The van der Waals surface area contributed by atoms with Crippen LogP contribution in [0.1, 0.15) is 37.6 Å². The maximum absolute atomic E-state index is 12.2. The van der Waals surface area contributed by atoms with Crippen LogP contribution in [0.5, 0.6) is 23.3 Å². The maximum atomic E-state index is 12.2. The van der Waals surface area contributed by atoms with Crippen molar-refractivity contribution in [2.75, 3.05) is 19.9 Å². The molecule has 0 aliphatic rings. The fourth-order valence-corrected chi connectivity index (χ4v) is 2.14. The third kappa shape index (κ3) is 6.67. The van der Waals surface area contributed by atoms with Crippen molar-refractivity contribution in [3.63, 3.8) is 0 Å². The van der Waals surface area contributed by atoms with E-state index in [9.17, 15) is 20.1 Å². The number of carbonyl (C=O) groups excluding carboxylic acids is 1. The van der Waals surface area contributed by atoms with Gasteiger partial charge in [0.15, 0.2) is 0 Å². The molecule has 0 aliphatic heterocycles. The molecule has 1 aromatic carbocycles. The molecule has 0 amide bonds. The highest BCUT2D eigenvalue weighted by Gasteiger charge is 2.16. The molecule has 1 heterocycles. The fourth-order valence-electron chi connectivity index (χ4n) is 2.14. The Kier molecular flexibility index (Phi) is 7.13. The minimum Gasteiger partial charge on any atom is -0.508 e. The number of carbonyl (C=O) groups is 1. The van der Waals surface area contributed by atoms with Crippen LogP contribution in [0.3, 0.4) is 0 Å². The van der Waals surface area contributed by atoms with E-state index < -0.39 is 17.7 Å². The fraction of sp³-hybridized carbons (Fsp3) is 0.421. The van der Waals surface area contributed by atoms with Gasteiger partial charge in [0.25, 0.3) is 0 Å². The summed E-state index contributed by atoms with van der Waals surface area (Å²) >= 11 is 0. The third-order valence-electron chi connectivity index (χ3n) is 3.47. The lowest BCUT2D eigenvalue weighted by Crippen LogP contribution is -2.28. The van der Waals surface area contributed by atoms with E-state index in [2.05, 4.69) is 5.32 Å². The second-order valence-corrected chi connectivity index (χ2v) is 7.04. The Balaban J connectivity index is 1.84. The molecular weight excluding hydrogens is 368 g/mol. The summed E-state index contributed by atoms with van der Waals surface area (Å²) in [6.07, 6.45) is 0.689. The van der Waals surface area contributed by atoms with Gasteiger partial charge in [-0.05, 0) is 39.3 Å². The van der Waals surface area contributed by atoms with Crippen molar-refractivity contribution in [3.8, 4) is 23.3 Å². The van der Waals surface area contributed by atoms with Crippen molar-refractivity contribution in [2.45, 2.75) is 32.8 Å². The van der Waals surface area contributed by atoms with Crippen LogP contribution in [0.4, 0.5) is 0 Å². The Morgan fingerprint density at radius 3 is 2.43 bits per heavy atom. The molecule has 1 aromatic heterocycles. The van der Waals surface area contributed by atoms with Gasteiger partial charge in [-0.25, -0.2) is 4.79 Å². The molecule has 0 bridgehead atoms. The zero-order valence-electron chi connectivity index (χ0n) is 16.1. The molecule has 4 N–H and O–H groups in total. The number of hydrogen-bond acceptors (Lipinski definition) is 8. The zero-order valence-corrected chi connectivity index (χ0v) is 16.1. The van der Waals surface area contributed by atoms with E-state index in [-0.39, 0.29) is 16.9 Å². The molecular formula is C19H26N2O7. The minimum absolute atomic E-state index is 0.000739. The highest BCUT2D eigenvalue weighted by molar-refractivity contribution is 5.90. The number of rotatable bonds is 9. The topological polar surface area (TPSA) is 122 Å². The Morgan fingerprint density at radius 1 is 1.11 bits per heavy atom. The summed E-state index contributed by atoms with van der Waals surface area (Å²) in [7, 11) is 0. The number of nitrogens with zero attached hydrogens (tertiary/aromatic N) is 1. The van der Waals surface area contributed by atoms with Gasteiger partial charge in [0.2, 0.25) is 11.8 Å². The summed E-state index contributed by atoms with van der Waals surface area (Å²) in [5.41, 5.74) is -0.205. The van der Waals surface area contributed by atoms with Crippen LogP contribution in [-0.2, 0) is 4.74 Å². The number of hydrogen-bond donors (Lipinski definition) is 4. The first-order valence-electron chi connectivity index (χ1n) is 8.79. The van der Waals surface area contributed by atoms with Crippen LogP contribution >= 0.6 is 0 Å². The molecule has 9 heteroatoms. The van der Waals surface area contributed by atoms with E-state index in [1.807, 2.05) is 20.8 Å². The van der Waals surface area contributed by atoms with E-state index in [1.54, 1.807) is 0 Å². The normalized spacial score (nSPS) is 11.4. The molecule has 9 nitrogen and oxygen atoms in total. The smallest absolute Gasteiger partial charge is 0.364 e. The maximum Gasteiger partial charge on any atom is 0.364 e. The summed E-state index contributed by atoms with van der Waals surface area (Å²) in [4.78, 5) is 17.1. The second-order valence-electron chi connectivity index (χ2n) is 7.04. The number of ether oxygens (including phenoxy) is 2. The van der Waals surface area contributed by atoms with E-state index in [0.29, 0.717) is 36.8 Å². The average Bonchev–Trinajstić information content (AvgIpc) is 2.91. The van der Waals surface area contributed by atoms with Gasteiger partial charge in [0.05, 0.1) is 24.5 Å². The number of phenolic OH excluding ortho intramolecular Hbond substituents is 1. The van der Waals surface area contributed by atoms with E-state index in [0.717, 1.165) is 0 Å². The third-order valence-corrected chi connectivity index (χ3v) is 3.47. The number of benzene rings is 1. The number of aromatic nitrogens is 1. The van der Waals surface area contributed by atoms with E-state index in [1.165, 1.54) is 30.3 Å². The number of aromatic hydroxyl groups is 3. The Hall–Kier alpha value is -2.91. The van der Waals surface area contributed by atoms with Crippen molar-refractivity contribution < 1.29 is 34.4 Å². The first-order valence-corrected chi connectivity index (χ1v) is 8.79. The quantitative estimate of drug-likeness (QED) is 0.376.